The molecule has 1 heterocycles. The van der Waals surface area contributed by atoms with Crippen molar-refractivity contribution in [3.05, 3.63) is 12.2 Å². The van der Waals surface area contributed by atoms with E-state index in [0.29, 0.717) is 5.91 Å². The van der Waals surface area contributed by atoms with Crippen LogP contribution in [0, 0.1) is 5.41 Å². The lowest BCUT2D eigenvalue weighted by atomic mass is 9.78. The Labute approximate surface area is 93.4 Å². The van der Waals surface area contributed by atoms with E-state index in [1.54, 1.807) is 0 Å². The van der Waals surface area contributed by atoms with Crippen molar-refractivity contribution in [1.29, 1.82) is 0 Å². The highest BCUT2D eigenvalue weighted by molar-refractivity contribution is 6.75. The number of carbonyl (C=O) groups excluding carboxylic acids is 1. The Morgan fingerprint density at radius 1 is 1.27 bits per heavy atom. The summed E-state index contributed by atoms with van der Waals surface area (Å²) in [5, 5.41) is 0. The van der Waals surface area contributed by atoms with Gasteiger partial charge in [0.1, 0.15) is 0 Å². The summed E-state index contributed by atoms with van der Waals surface area (Å²) in [6.07, 6.45) is 8.62. The van der Waals surface area contributed by atoms with Crippen molar-refractivity contribution < 1.29 is 4.79 Å². The molecule has 15 heavy (non-hydrogen) atoms. The normalized spacial score (nSPS) is 25.3. The summed E-state index contributed by atoms with van der Waals surface area (Å²) >= 11 is 0. The van der Waals surface area contributed by atoms with Crippen molar-refractivity contribution in [2.24, 2.45) is 5.41 Å². The number of amides is 1. The third-order valence-corrected chi connectivity index (χ3v) is 5.78. The fourth-order valence-electron chi connectivity index (χ4n) is 2.79. The molecular formula is C12H21NOSi. The van der Waals surface area contributed by atoms with Gasteiger partial charge in [-0.3, -0.25) is 4.79 Å². The van der Waals surface area contributed by atoms with Crippen molar-refractivity contribution in [2.45, 2.75) is 45.3 Å². The van der Waals surface area contributed by atoms with E-state index in [-0.39, 0.29) is 5.41 Å². The van der Waals surface area contributed by atoms with Gasteiger partial charge in [-0.1, -0.05) is 31.8 Å². The van der Waals surface area contributed by atoms with Gasteiger partial charge in [-0.25, -0.2) is 0 Å². The zero-order valence-electron chi connectivity index (χ0n) is 10.0. The zero-order valence-corrected chi connectivity index (χ0v) is 11.0. The van der Waals surface area contributed by atoms with E-state index in [1.807, 2.05) is 0 Å². The van der Waals surface area contributed by atoms with Gasteiger partial charge in [-0.05, 0) is 25.7 Å². The molecule has 0 saturated carbocycles. The summed E-state index contributed by atoms with van der Waals surface area (Å²) in [6.45, 7) is 7.81. The topological polar surface area (TPSA) is 20.3 Å². The summed E-state index contributed by atoms with van der Waals surface area (Å²) in [4.78, 5) is 12.5. The standard InChI is InChI=1S/C12H21NOSi/c1-15(2,3)13-10-6-9-12(11(13)14)7-4-5-8-12/h4-5H,6-10H2,1-3H3. The average Bonchev–Trinajstić information content (AvgIpc) is 2.58. The molecule has 1 spiro atoms. The molecule has 84 valence electrons. The molecule has 3 heteroatoms. The third kappa shape index (κ3) is 1.78. The first-order valence-corrected chi connectivity index (χ1v) is 9.38. The molecule has 0 radical (unpaired) electrons. The summed E-state index contributed by atoms with van der Waals surface area (Å²) in [7, 11) is -1.46. The fourth-order valence-corrected chi connectivity index (χ4v) is 4.47. The third-order valence-electron chi connectivity index (χ3n) is 3.73. The van der Waals surface area contributed by atoms with E-state index in [9.17, 15) is 4.79 Å². The number of carbonyl (C=O) groups is 1. The van der Waals surface area contributed by atoms with E-state index >= 15 is 0 Å². The first-order valence-electron chi connectivity index (χ1n) is 5.93. The number of piperidine rings is 1. The highest BCUT2D eigenvalue weighted by atomic mass is 28.3. The summed E-state index contributed by atoms with van der Waals surface area (Å²) in [6, 6.07) is 0. The maximum atomic E-state index is 12.5. The number of hydrogen-bond acceptors (Lipinski definition) is 1. The van der Waals surface area contributed by atoms with Crippen molar-refractivity contribution >= 4 is 14.1 Å². The van der Waals surface area contributed by atoms with E-state index in [0.717, 1.165) is 25.8 Å². The Hall–Kier alpha value is -0.573. The Morgan fingerprint density at radius 3 is 2.40 bits per heavy atom. The monoisotopic (exact) mass is 223 g/mol. The van der Waals surface area contributed by atoms with Crippen LogP contribution in [0.4, 0.5) is 0 Å². The Bertz CT molecular complexity index is 295. The van der Waals surface area contributed by atoms with E-state index < -0.39 is 8.24 Å². The summed E-state index contributed by atoms with van der Waals surface area (Å²) in [5.74, 6) is 0.443. The molecule has 2 rings (SSSR count). The van der Waals surface area contributed by atoms with Gasteiger partial charge in [-0.15, -0.1) is 0 Å². The fraction of sp³-hybridized carbons (Fsp3) is 0.750. The molecule has 0 unspecified atom stereocenters. The molecule has 1 fully saturated rings. The molecule has 1 saturated heterocycles. The van der Waals surface area contributed by atoms with E-state index in [2.05, 4.69) is 36.4 Å². The maximum Gasteiger partial charge on any atom is 0.221 e. The molecule has 0 aromatic rings. The SMILES string of the molecule is C[Si](C)(C)N1CCCC2(CC=CC2)C1=O. The Morgan fingerprint density at radius 2 is 1.87 bits per heavy atom. The van der Waals surface area contributed by atoms with E-state index in [1.165, 1.54) is 6.42 Å². The van der Waals surface area contributed by atoms with Crippen LogP contribution in [0.15, 0.2) is 12.2 Å². The van der Waals surface area contributed by atoms with Crippen LogP contribution in [-0.4, -0.2) is 25.3 Å². The van der Waals surface area contributed by atoms with Crippen LogP contribution in [-0.2, 0) is 4.79 Å². The highest BCUT2D eigenvalue weighted by Gasteiger charge is 2.46. The molecule has 0 aromatic carbocycles. The second kappa shape index (κ2) is 3.48. The Kier molecular flexibility index (Phi) is 2.53. The second-order valence-electron chi connectivity index (χ2n) is 5.89. The lowest BCUT2D eigenvalue weighted by Crippen LogP contribution is -2.57. The van der Waals surface area contributed by atoms with Crippen LogP contribution in [0.2, 0.25) is 19.6 Å². The van der Waals surface area contributed by atoms with Crippen molar-refractivity contribution in [1.82, 2.24) is 4.57 Å². The van der Waals surface area contributed by atoms with Crippen LogP contribution < -0.4 is 0 Å². The molecule has 1 aliphatic heterocycles. The van der Waals surface area contributed by atoms with Gasteiger partial charge in [0, 0.05) is 6.54 Å². The Balaban J connectivity index is 2.21. The molecule has 1 aliphatic carbocycles. The largest absolute Gasteiger partial charge is 0.369 e. The van der Waals surface area contributed by atoms with Gasteiger partial charge >= 0.3 is 0 Å². The van der Waals surface area contributed by atoms with Gasteiger partial charge < -0.3 is 4.57 Å². The molecule has 2 nitrogen and oxygen atoms in total. The van der Waals surface area contributed by atoms with Gasteiger partial charge in [0.25, 0.3) is 0 Å². The zero-order chi connectivity index (χ0) is 11.1. The minimum Gasteiger partial charge on any atom is -0.369 e. The molecule has 1 amide bonds. The van der Waals surface area contributed by atoms with Gasteiger partial charge in [0.05, 0.1) is 5.41 Å². The van der Waals surface area contributed by atoms with Crippen LogP contribution in [0.1, 0.15) is 25.7 Å². The molecule has 0 N–H and O–H groups in total. The molecule has 0 aromatic heterocycles. The first-order chi connectivity index (χ1) is 6.96. The van der Waals surface area contributed by atoms with Crippen LogP contribution in [0.25, 0.3) is 0 Å². The van der Waals surface area contributed by atoms with Crippen molar-refractivity contribution in [3.63, 3.8) is 0 Å². The second-order valence-corrected chi connectivity index (χ2v) is 10.8. The predicted molar refractivity (Wildman–Crippen MR) is 65.1 cm³/mol. The predicted octanol–water partition coefficient (Wildman–Crippen LogP) is 2.78. The van der Waals surface area contributed by atoms with Crippen molar-refractivity contribution in [2.75, 3.05) is 6.54 Å². The minimum atomic E-state index is -1.46. The molecular weight excluding hydrogens is 202 g/mol. The first kappa shape index (κ1) is 10.9. The number of hydrogen-bond donors (Lipinski definition) is 0. The van der Waals surface area contributed by atoms with Crippen molar-refractivity contribution in [3.8, 4) is 0 Å². The number of allylic oxidation sites excluding steroid dienone is 2. The van der Waals surface area contributed by atoms with E-state index in [4.69, 9.17) is 0 Å². The minimum absolute atomic E-state index is 0.0292. The maximum absolute atomic E-state index is 12.5. The molecule has 2 aliphatic rings. The van der Waals surface area contributed by atoms with Gasteiger partial charge in [0.2, 0.25) is 5.91 Å². The number of rotatable bonds is 1. The quantitative estimate of drug-likeness (QED) is 0.494. The molecule has 0 bridgehead atoms. The van der Waals surface area contributed by atoms with Gasteiger partial charge in [0.15, 0.2) is 8.24 Å². The summed E-state index contributed by atoms with van der Waals surface area (Å²) in [5.41, 5.74) is -0.0292. The van der Waals surface area contributed by atoms with Crippen LogP contribution in [0.3, 0.4) is 0 Å². The lowest BCUT2D eigenvalue weighted by Gasteiger charge is -2.45. The average molecular weight is 223 g/mol. The smallest absolute Gasteiger partial charge is 0.221 e. The summed E-state index contributed by atoms with van der Waals surface area (Å²) < 4.78 is 2.21. The lowest BCUT2D eigenvalue weighted by molar-refractivity contribution is -0.140. The molecule has 0 atom stereocenters. The number of nitrogens with zero attached hydrogens (tertiary/aromatic N) is 1. The van der Waals surface area contributed by atoms with Crippen LogP contribution in [0.5, 0.6) is 0 Å². The highest BCUT2D eigenvalue weighted by Crippen LogP contribution is 2.43. The van der Waals surface area contributed by atoms with Gasteiger partial charge in [-0.2, -0.15) is 0 Å². The van der Waals surface area contributed by atoms with Crippen LogP contribution >= 0.6 is 0 Å².